The minimum absolute atomic E-state index is 0.765. The molecule has 1 heterocycles. The summed E-state index contributed by atoms with van der Waals surface area (Å²) < 4.78 is 5.44. The van der Waals surface area contributed by atoms with Gasteiger partial charge >= 0.3 is 0 Å². The van der Waals surface area contributed by atoms with Crippen molar-refractivity contribution in [3.63, 3.8) is 0 Å². The fourth-order valence-electron chi connectivity index (χ4n) is 1.45. The van der Waals surface area contributed by atoms with Crippen molar-refractivity contribution in [2.45, 2.75) is 33.2 Å². The number of nitrogens with one attached hydrogen (secondary N) is 1. The summed E-state index contributed by atoms with van der Waals surface area (Å²) in [5.41, 5.74) is 1.01. The lowest BCUT2D eigenvalue weighted by Crippen LogP contribution is -2.16. The van der Waals surface area contributed by atoms with E-state index in [2.05, 4.69) is 10.3 Å². The zero-order valence-corrected chi connectivity index (χ0v) is 8.26. The van der Waals surface area contributed by atoms with Crippen molar-refractivity contribution in [2.75, 3.05) is 6.54 Å². The molecule has 0 amide bonds. The summed E-state index contributed by atoms with van der Waals surface area (Å²) in [6.45, 7) is 5.82. The Bertz CT molecular complexity index is 289. The summed E-state index contributed by atoms with van der Waals surface area (Å²) in [4.78, 5) is 4.22. The molecule has 0 unspecified atom stereocenters. The topological polar surface area (TPSA) is 38.1 Å². The van der Waals surface area contributed by atoms with Gasteiger partial charge in [-0.05, 0) is 32.2 Å². The molecule has 0 atom stereocenters. The van der Waals surface area contributed by atoms with E-state index < -0.39 is 0 Å². The normalized spacial score (nSPS) is 16.5. The lowest BCUT2D eigenvalue weighted by Gasteiger charge is -2.00. The number of nitrogens with zero attached hydrogens (tertiary/aromatic N) is 1. The van der Waals surface area contributed by atoms with E-state index in [1.165, 1.54) is 12.8 Å². The van der Waals surface area contributed by atoms with Crippen LogP contribution in [0.4, 0.5) is 0 Å². The van der Waals surface area contributed by atoms with Gasteiger partial charge in [0.1, 0.15) is 5.76 Å². The summed E-state index contributed by atoms with van der Waals surface area (Å²) in [5.74, 6) is 2.67. The Labute approximate surface area is 78.5 Å². The Hall–Kier alpha value is -0.830. The van der Waals surface area contributed by atoms with E-state index >= 15 is 0 Å². The third-order valence-electron chi connectivity index (χ3n) is 2.42. The summed E-state index contributed by atoms with van der Waals surface area (Å²) in [6, 6.07) is 0. The molecule has 13 heavy (non-hydrogen) atoms. The summed E-state index contributed by atoms with van der Waals surface area (Å²) in [6.07, 6.45) is 2.78. The number of oxazole rings is 1. The van der Waals surface area contributed by atoms with Crippen LogP contribution in [0.5, 0.6) is 0 Å². The molecule has 3 heteroatoms. The first-order valence-electron chi connectivity index (χ1n) is 4.89. The Kier molecular flexibility index (Phi) is 2.36. The van der Waals surface area contributed by atoms with Crippen molar-refractivity contribution >= 4 is 0 Å². The van der Waals surface area contributed by atoms with Crippen molar-refractivity contribution in [1.29, 1.82) is 0 Å². The van der Waals surface area contributed by atoms with Crippen LogP contribution in [0.2, 0.25) is 0 Å². The smallest absolute Gasteiger partial charge is 0.191 e. The maximum atomic E-state index is 5.44. The summed E-state index contributed by atoms with van der Waals surface area (Å²) >= 11 is 0. The zero-order valence-electron chi connectivity index (χ0n) is 8.26. The average molecular weight is 180 g/mol. The van der Waals surface area contributed by atoms with Gasteiger partial charge in [0.25, 0.3) is 0 Å². The van der Waals surface area contributed by atoms with Crippen LogP contribution in [0, 0.1) is 19.8 Å². The third-order valence-corrected chi connectivity index (χ3v) is 2.42. The fraction of sp³-hybridized carbons (Fsp3) is 0.700. The molecule has 1 aromatic heterocycles. The molecule has 0 saturated heterocycles. The van der Waals surface area contributed by atoms with Gasteiger partial charge in [0.15, 0.2) is 5.89 Å². The lowest BCUT2D eigenvalue weighted by atomic mass is 10.3. The highest BCUT2D eigenvalue weighted by atomic mass is 16.4. The van der Waals surface area contributed by atoms with Crippen molar-refractivity contribution in [2.24, 2.45) is 5.92 Å². The monoisotopic (exact) mass is 180 g/mol. The second-order valence-electron chi connectivity index (χ2n) is 3.82. The Morgan fingerprint density at radius 3 is 2.77 bits per heavy atom. The highest BCUT2D eigenvalue weighted by molar-refractivity contribution is 5.06. The van der Waals surface area contributed by atoms with Crippen molar-refractivity contribution < 1.29 is 4.42 Å². The number of aromatic nitrogens is 1. The van der Waals surface area contributed by atoms with Crippen LogP contribution in [0.15, 0.2) is 4.42 Å². The maximum absolute atomic E-state index is 5.44. The molecule has 1 fully saturated rings. The molecule has 72 valence electrons. The van der Waals surface area contributed by atoms with Crippen LogP contribution in [0.1, 0.15) is 30.2 Å². The molecule has 1 aliphatic rings. The van der Waals surface area contributed by atoms with Crippen LogP contribution in [-0.2, 0) is 6.54 Å². The molecule has 0 aromatic carbocycles. The predicted molar refractivity (Wildman–Crippen MR) is 50.4 cm³/mol. The van der Waals surface area contributed by atoms with Gasteiger partial charge in [0, 0.05) is 6.92 Å². The highest BCUT2D eigenvalue weighted by Gasteiger charge is 2.20. The molecule has 1 aromatic rings. The quantitative estimate of drug-likeness (QED) is 0.767. The SMILES string of the molecule is Cc1nc(C)c(CNCC2CC2)o1. The van der Waals surface area contributed by atoms with Gasteiger partial charge < -0.3 is 9.73 Å². The number of rotatable bonds is 4. The molecule has 0 aliphatic heterocycles. The van der Waals surface area contributed by atoms with Crippen LogP contribution in [-0.4, -0.2) is 11.5 Å². The van der Waals surface area contributed by atoms with Crippen molar-refractivity contribution in [3.05, 3.63) is 17.3 Å². The minimum Gasteiger partial charge on any atom is -0.444 e. The predicted octanol–water partition coefficient (Wildman–Crippen LogP) is 1.79. The van der Waals surface area contributed by atoms with Gasteiger partial charge in [0.2, 0.25) is 0 Å². The zero-order chi connectivity index (χ0) is 9.26. The van der Waals surface area contributed by atoms with Crippen LogP contribution >= 0.6 is 0 Å². The Balaban J connectivity index is 1.81. The second-order valence-corrected chi connectivity index (χ2v) is 3.82. The largest absolute Gasteiger partial charge is 0.444 e. The average Bonchev–Trinajstić information content (AvgIpc) is 2.81. The van der Waals surface area contributed by atoms with Gasteiger partial charge in [-0.25, -0.2) is 4.98 Å². The molecule has 2 rings (SSSR count). The Morgan fingerprint density at radius 2 is 2.23 bits per heavy atom. The fourth-order valence-corrected chi connectivity index (χ4v) is 1.45. The minimum atomic E-state index is 0.765. The molecule has 1 N–H and O–H groups in total. The van der Waals surface area contributed by atoms with Crippen LogP contribution in [0.3, 0.4) is 0 Å². The Morgan fingerprint density at radius 1 is 1.46 bits per heavy atom. The van der Waals surface area contributed by atoms with E-state index in [1.807, 2.05) is 13.8 Å². The van der Waals surface area contributed by atoms with E-state index in [9.17, 15) is 0 Å². The second kappa shape index (κ2) is 3.50. The van der Waals surface area contributed by atoms with Gasteiger partial charge in [-0.15, -0.1) is 0 Å². The standard InChI is InChI=1S/C10H16N2O/c1-7-10(13-8(2)12-7)6-11-5-9-3-4-9/h9,11H,3-6H2,1-2H3. The van der Waals surface area contributed by atoms with Crippen LogP contribution < -0.4 is 5.32 Å². The number of hydrogen-bond donors (Lipinski definition) is 1. The molecule has 1 aliphatic carbocycles. The van der Waals surface area contributed by atoms with E-state index in [-0.39, 0.29) is 0 Å². The molecule has 1 saturated carbocycles. The van der Waals surface area contributed by atoms with Crippen molar-refractivity contribution in [3.8, 4) is 0 Å². The van der Waals surface area contributed by atoms with Gasteiger partial charge in [-0.1, -0.05) is 0 Å². The molecule has 3 nitrogen and oxygen atoms in total. The summed E-state index contributed by atoms with van der Waals surface area (Å²) in [7, 11) is 0. The van der Waals surface area contributed by atoms with Crippen LogP contribution in [0.25, 0.3) is 0 Å². The molecule has 0 radical (unpaired) electrons. The van der Waals surface area contributed by atoms with Gasteiger partial charge in [0.05, 0.1) is 12.2 Å². The molecule has 0 bridgehead atoms. The number of hydrogen-bond acceptors (Lipinski definition) is 3. The van der Waals surface area contributed by atoms with E-state index in [0.717, 1.165) is 36.4 Å². The molecule has 0 spiro atoms. The van der Waals surface area contributed by atoms with E-state index in [4.69, 9.17) is 4.42 Å². The number of aryl methyl sites for hydroxylation is 2. The van der Waals surface area contributed by atoms with E-state index in [1.54, 1.807) is 0 Å². The lowest BCUT2D eigenvalue weighted by molar-refractivity contribution is 0.451. The first-order valence-corrected chi connectivity index (χ1v) is 4.89. The molecular formula is C10H16N2O. The van der Waals surface area contributed by atoms with Gasteiger partial charge in [-0.3, -0.25) is 0 Å². The highest BCUT2D eigenvalue weighted by Crippen LogP contribution is 2.27. The summed E-state index contributed by atoms with van der Waals surface area (Å²) in [5, 5.41) is 3.38. The van der Waals surface area contributed by atoms with Gasteiger partial charge in [-0.2, -0.15) is 0 Å². The molecular weight excluding hydrogens is 164 g/mol. The maximum Gasteiger partial charge on any atom is 0.191 e. The first-order chi connectivity index (χ1) is 6.25. The third kappa shape index (κ3) is 2.31. The first kappa shape index (κ1) is 8.75. The van der Waals surface area contributed by atoms with Crippen molar-refractivity contribution in [1.82, 2.24) is 10.3 Å². The van der Waals surface area contributed by atoms with E-state index in [0.29, 0.717) is 0 Å².